The van der Waals surface area contributed by atoms with Crippen molar-refractivity contribution in [2.45, 2.75) is 19.8 Å². The molecule has 4 nitrogen and oxygen atoms in total. The second kappa shape index (κ2) is 8.88. The molecule has 1 heterocycles. The van der Waals surface area contributed by atoms with E-state index in [1.54, 1.807) is 6.07 Å². The summed E-state index contributed by atoms with van der Waals surface area (Å²) in [4.78, 5) is 12.4. The molecular formula is C35H26O4. The molecule has 1 aliphatic heterocycles. The number of benzene rings is 6. The minimum atomic E-state index is -0.270. The fourth-order valence-electron chi connectivity index (χ4n) is 5.67. The molecule has 1 unspecified atom stereocenters. The molecule has 0 spiro atoms. The van der Waals surface area contributed by atoms with Gasteiger partial charge in [-0.25, -0.2) is 0 Å². The molecule has 7 rings (SSSR count). The molecule has 6 aromatic carbocycles. The van der Waals surface area contributed by atoms with Crippen molar-refractivity contribution in [3.63, 3.8) is 0 Å². The number of hydrogen-bond donors (Lipinski definition) is 1. The summed E-state index contributed by atoms with van der Waals surface area (Å²) < 4.78 is 12.3. The number of esters is 1. The lowest BCUT2D eigenvalue weighted by atomic mass is 9.78. The summed E-state index contributed by atoms with van der Waals surface area (Å²) >= 11 is 0. The van der Waals surface area contributed by atoms with Crippen molar-refractivity contribution in [1.29, 1.82) is 0 Å². The van der Waals surface area contributed by atoms with E-state index in [1.807, 2.05) is 74.5 Å². The summed E-state index contributed by atoms with van der Waals surface area (Å²) in [6.45, 7) is 3.65. The second-order valence-corrected chi connectivity index (χ2v) is 10.5. The summed E-state index contributed by atoms with van der Waals surface area (Å²) in [5.74, 6) is 1.56. The van der Waals surface area contributed by atoms with Crippen molar-refractivity contribution < 1.29 is 19.4 Å². The third-order valence-corrected chi connectivity index (χ3v) is 7.60. The van der Waals surface area contributed by atoms with E-state index in [1.165, 1.54) is 5.39 Å². The topological polar surface area (TPSA) is 55.8 Å². The van der Waals surface area contributed by atoms with Gasteiger partial charge in [-0.05, 0) is 74.3 Å². The molecule has 190 valence electrons. The molecule has 0 amide bonds. The first kappa shape index (κ1) is 23.3. The highest BCUT2D eigenvalue weighted by Gasteiger charge is 2.32. The van der Waals surface area contributed by atoms with E-state index in [-0.39, 0.29) is 23.6 Å². The van der Waals surface area contributed by atoms with Crippen LogP contribution in [0.4, 0.5) is 0 Å². The Labute approximate surface area is 226 Å². The van der Waals surface area contributed by atoms with Gasteiger partial charge in [0.1, 0.15) is 23.0 Å². The zero-order chi connectivity index (χ0) is 26.7. The monoisotopic (exact) mass is 510 g/mol. The van der Waals surface area contributed by atoms with Crippen LogP contribution in [0.25, 0.3) is 32.3 Å². The molecule has 4 heteroatoms. The van der Waals surface area contributed by atoms with E-state index in [4.69, 9.17) is 9.47 Å². The molecule has 1 atom stereocenters. The molecule has 0 radical (unpaired) electrons. The Morgan fingerprint density at radius 3 is 2.05 bits per heavy atom. The molecule has 0 saturated heterocycles. The van der Waals surface area contributed by atoms with E-state index < -0.39 is 0 Å². The van der Waals surface area contributed by atoms with Crippen molar-refractivity contribution in [2.24, 2.45) is 5.92 Å². The lowest BCUT2D eigenvalue weighted by molar-refractivity contribution is -0.137. The van der Waals surface area contributed by atoms with E-state index in [2.05, 4.69) is 36.4 Å². The van der Waals surface area contributed by atoms with Crippen LogP contribution in [0, 0.1) is 5.92 Å². The number of phenolic OH excluding ortho intramolecular Hbond substituents is 1. The average molecular weight is 511 g/mol. The van der Waals surface area contributed by atoms with E-state index >= 15 is 0 Å². The maximum atomic E-state index is 12.4. The van der Waals surface area contributed by atoms with Gasteiger partial charge in [0.2, 0.25) is 0 Å². The minimum Gasteiger partial charge on any atom is -0.508 e. The van der Waals surface area contributed by atoms with Crippen LogP contribution in [0.1, 0.15) is 36.5 Å². The largest absolute Gasteiger partial charge is 0.508 e. The molecule has 0 fully saturated rings. The Balaban J connectivity index is 1.54. The van der Waals surface area contributed by atoms with Crippen LogP contribution < -0.4 is 9.47 Å². The third kappa shape index (κ3) is 3.88. The van der Waals surface area contributed by atoms with Gasteiger partial charge >= 0.3 is 5.97 Å². The Morgan fingerprint density at radius 1 is 0.718 bits per heavy atom. The van der Waals surface area contributed by atoms with Crippen LogP contribution >= 0.6 is 0 Å². The molecule has 0 aliphatic carbocycles. The third-order valence-electron chi connectivity index (χ3n) is 7.60. The van der Waals surface area contributed by atoms with Gasteiger partial charge < -0.3 is 14.6 Å². The standard InChI is InChI=1S/C35H26O4/c1-20(2)35(37)38-27-14-10-23-12-16-31-34(29(23)19-27)32(25-8-7-21-5-3-4-6-24(21)17-25)33-28-18-26(36)13-9-22(28)11-15-30(33)39-31/h3-20,32,36H,1-2H3. The maximum absolute atomic E-state index is 12.4. The second-order valence-electron chi connectivity index (χ2n) is 10.5. The molecule has 0 saturated carbocycles. The molecule has 39 heavy (non-hydrogen) atoms. The highest BCUT2D eigenvalue weighted by Crippen LogP contribution is 2.53. The van der Waals surface area contributed by atoms with Gasteiger partial charge in [-0.15, -0.1) is 0 Å². The molecule has 1 N–H and O–H groups in total. The minimum absolute atomic E-state index is 0.182. The van der Waals surface area contributed by atoms with Crippen molar-refractivity contribution in [1.82, 2.24) is 0 Å². The fourth-order valence-corrected chi connectivity index (χ4v) is 5.67. The highest BCUT2D eigenvalue weighted by atomic mass is 16.5. The smallest absolute Gasteiger partial charge is 0.313 e. The van der Waals surface area contributed by atoms with Crippen molar-refractivity contribution in [3.05, 3.63) is 120 Å². The van der Waals surface area contributed by atoms with Gasteiger partial charge in [0.05, 0.1) is 5.92 Å². The Hall–Kier alpha value is -4.83. The first-order chi connectivity index (χ1) is 19.0. The van der Waals surface area contributed by atoms with Crippen LogP contribution in [-0.2, 0) is 4.79 Å². The number of hydrogen-bond acceptors (Lipinski definition) is 4. The van der Waals surface area contributed by atoms with Gasteiger partial charge in [-0.3, -0.25) is 4.79 Å². The summed E-state index contributed by atoms with van der Waals surface area (Å²) in [5.41, 5.74) is 3.13. The van der Waals surface area contributed by atoms with E-state index in [0.717, 1.165) is 55.1 Å². The van der Waals surface area contributed by atoms with Gasteiger partial charge in [0.25, 0.3) is 0 Å². The predicted octanol–water partition coefficient (Wildman–Crippen LogP) is 8.70. The molecular weight excluding hydrogens is 484 g/mol. The number of carbonyl (C=O) groups is 1. The van der Waals surface area contributed by atoms with Crippen molar-refractivity contribution >= 4 is 38.3 Å². The zero-order valence-electron chi connectivity index (χ0n) is 21.6. The van der Waals surface area contributed by atoms with Gasteiger partial charge in [0.15, 0.2) is 0 Å². The number of carbonyl (C=O) groups excluding carboxylic acids is 1. The van der Waals surface area contributed by atoms with Crippen molar-refractivity contribution in [3.8, 4) is 23.0 Å². The summed E-state index contributed by atoms with van der Waals surface area (Å²) in [5, 5.41) is 16.7. The first-order valence-electron chi connectivity index (χ1n) is 13.2. The lowest BCUT2D eigenvalue weighted by Crippen LogP contribution is -2.15. The van der Waals surface area contributed by atoms with Crippen LogP contribution in [0.5, 0.6) is 23.0 Å². The van der Waals surface area contributed by atoms with Gasteiger partial charge in [-0.1, -0.05) is 80.6 Å². The molecule has 1 aliphatic rings. The number of rotatable bonds is 3. The summed E-state index contributed by atoms with van der Waals surface area (Å²) in [7, 11) is 0. The number of fused-ring (bicyclic) bond motifs is 7. The Kier molecular flexibility index (Phi) is 5.31. The number of ether oxygens (including phenoxy) is 2. The highest BCUT2D eigenvalue weighted by molar-refractivity contribution is 5.97. The van der Waals surface area contributed by atoms with E-state index in [9.17, 15) is 9.90 Å². The molecule has 6 aromatic rings. The number of aromatic hydroxyl groups is 1. The van der Waals surface area contributed by atoms with Gasteiger partial charge in [-0.2, -0.15) is 0 Å². The molecule has 0 aromatic heterocycles. The van der Waals surface area contributed by atoms with Crippen LogP contribution in [0.3, 0.4) is 0 Å². The first-order valence-corrected chi connectivity index (χ1v) is 13.2. The molecule has 0 bridgehead atoms. The SMILES string of the molecule is CC(C)C(=O)Oc1ccc2ccc3c(c2c1)C(c1ccc2ccccc2c1)c1c(ccc2ccc(O)cc12)O3. The Morgan fingerprint density at radius 2 is 1.33 bits per heavy atom. The Bertz CT molecular complexity index is 1940. The average Bonchev–Trinajstić information content (AvgIpc) is 2.95. The summed E-state index contributed by atoms with van der Waals surface area (Å²) in [6, 6.07) is 34.2. The lowest BCUT2D eigenvalue weighted by Gasteiger charge is -2.31. The summed E-state index contributed by atoms with van der Waals surface area (Å²) in [6.07, 6.45) is 0. The zero-order valence-corrected chi connectivity index (χ0v) is 21.6. The van der Waals surface area contributed by atoms with Crippen LogP contribution in [0.15, 0.2) is 103 Å². The quantitative estimate of drug-likeness (QED) is 0.191. The predicted molar refractivity (Wildman–Crippen MR) is 155 cm³/mol. The normalized spacial score (nSPS) is 14.3. The van der Waals surface area contributed by atoms with Crippen molar-refractivity contribution in [2.75, 3.05) is 0 Å². The van der Waals surface area contributed by atoms with Gasteiger partial charge in [0, 0.05) is 17.0 Å². The maximum Gasteiger partial charge on any atom is 0.313 e. The van der Waals surface area contributed by atoms with Crippen LogP contribution in [-0.4, -0.2) is 11.1 Å². The van der Waals surface area contributed by atoms with Crippen LogP contribution in [0.2, 0.25) is 0 Å². The fraction of sp³-hybridized carbons (Fsp3) is 0.114. The number of phenols is 1. The van der Waals surface area contributed by atoms with E-state index in [0.29, 0.717) is 5.75 Å².